The molecule has 0 aliphatic heterocycles. The summed E-state index contributed by atoms with van der Waals surface area (Å²) in [5, 5.41) is 13.4. The smallest absolute Gasteiger partial charge is 0.223 e. The monoisotopic (exact) mass is 267 g/mol. The number of hydrogen-bond acceptors (Lipinski definition) is 2. The molecule has 1 aromatic rings. The number of benzene rings is 1. The van der Waals surface area contributed by atoms with E-state index in [1.54, 1.807) is 24.3 Å². The zero-order chi connectivity index (χ0) is 13.0. The molecule has 18 heavy (non-hydrogen) atoms. The van der Waals surface area contributed by atoms with Gasteiger partial charge in [0, 0.05) is 17.5 Å². The third-order valence-electron chi connectivity index (χ3n) is 3.43. The van der Waals surface area contributed by atoms with E-state index >= 15 is 0 Å². The van der Waals surface area contributed by atoms with E-state index in [0.29, 0.717) is 5.02 Å². The van der Waals surface area contributed by atoms with Gasteiger partial charge < -0.3 is 10.4 Å². The summed E-state index contributed by atoms with van der Waals surface area (Å²) < 4.78 is 0. The number of aliphatic hydroxyl groups excluding tert-OH is 1. The maximum Gasteiger partial charge on any atom is 0.223 e. The van der Waals surface area contributed by atoms with Gasteiger partial charge in [-0.05, 0) is 30.5 Å². The lowest BCUT2D eigenvalue weighted by atomic mass is 10.1. The first-order valence-electron chi connectivity index (χ1n) is 6.38. The summed E-state index contributed by atoms with van der Waals surface area (Å²) in [6.45, 7) is 0.246. The van der Waals surface area contributed by atoms with Crippen molar-refractivity contribution in [1.29, 1.82) is 0 Å². The van der Waals surface area contributed by atoms with Crippen LogP contribution >= 0.6 is 11.6 Å². The number of carbonyl (C=O) groups is 1. The Kier molecular flexibility index (Phi) is 4.61. The molecule has 1 aliphatic carbocycles. The van der Waals surface area contributed by atoms with Crippen LogP contribution in [0.4, 0.5) is 0 Å². The SMILES string of the molecule is O=C(NCC(O)c1cccc(Cl)c1)C1CCCC1. The first kappa shape index (κ1) is 13.4. The molecule has 0 aromatic heterocycles. The molecular weight excluding hydrogens is 250 g/mol. The topological polar surface area (TPSA) is 49.3 Å². The Morgan fingerprint density at radius 1 is 1.44 bits per heavy atom. The number of hydrogen-bond donors (Lipinski definition) is 2. The van der Waals surface area contributed by atoms with E-state index in [0.717, 1.165) is 31.2 Å². The van der Waals surface area contributed by atoms with E-state index in [4.69, 9.17) is 11.6 Å². The van der Waals surface area contributed by atoms with E-state index in [-0.39, 0.29) is 18.4 Å². The third-order valence-corrected chi connectivity index (χ3v) is 3.66. The summed E-state index contributed by atoms with van der Waals surface area (Å²) in [7, 11) is 0. The van der Waals surface area contributed by atoms with Crippen molar-refractivity contribution < 1.29 is 9.90 Å². The highest BCUT2D eigenvalue weighted by Gasteiger charge is 2.22. The van der Waals surface area contributed by atoms with E-state index in [1.165, 1.54) is 0 Å². The summed E-state index contributed by atoms with van der Waals surface area (Å²) in [6.07, 6.45) is 3.51. The van der Waals surface area contributed by atoms with Crippen LogP contribution in [0.2, 0.25) is 5.02 Å². The largest absolute Gasteiger partial charge is 0.387 e. The molecule has 1 unspecified atom stereocenters. The van der Waals surface area contributed by atoms with Gasteiger partial charge in [0.25, 0.3) is 0 Å². The zero-order valence-corrected chi connectivity index (χ0v) is 11.0. The van der Waals surface area contributed by atoms with Crippen molar-refractivity contribution in [3.05, 3.63) is 34.9 Å². The highest BCUT2D eigenvalue weighted by Crippen LogP contribution is 2.25. The Bertz CT molecular complexity index is 416. The second-order valence-electron chi connectivity index (χ2n) is 4.80. The highest BCUT2D eigenvalue weighted by atomic mass is 35.5. The van der Waals surface area contributed by atoms with Crippen LogP contribution in [-0.2, 0) is 4.79 Å². The number of nitrogens with one attached hydrogen (secondary N) is 1. The molecule has 98 valence electrons. The van der Waals surface area contributed by atoms with E-state index < -0.39 is 6.10 Å². The normalized spacial score (nSPS) is 17.7. The summed E-state index contributed by atoms with van der Waals surface area (Å²) >= 11 is 5.86. The molecule has 0 bridgehead atoms. The average Bonchev–Trinajstić information content (AvgIpc) is 2.89. The van der Waals surface area contributed by atoms with Crippen molar-refractivity contribution in [2.75, 3.05) is 6.54 Å². The molecule has 0 spiro atoms. The quantitative estimate of drug-likeness (QED) is 0.881. The Hall–Kier alpha value is -1.06. The van der Waals surface area contributed by atoms with Crippen molar-refractivity contribution in [3.63, 3.8) is 0 Å². The van der Waals surface area contributed by atoms with Gasteiger partial charge in [-0.2, -0.15) is 0 Å². The van der Waals surface area contributed by atoms with Gasteiger partial charge in [0.15, 0.2) is 0 Å². The third kappa shape index (κ3) is 3.47. The molecule has 1 atom stereocenters. The van der Waals surface area contributed by atoms with E-state index in [9.17, 15) is 9.90 Å². The number of rotatable bonds is 4. The van der Waals surface area contributed by atoms with Gasteiger partial charge in [0.05, 0.1) is 6.10 Å². The van der Waals surface area contributed by atoms with Gasteiger partial charge in [-0.25, -0.2) is 0 Å². The summed E-state index contributed by atoms with van der Waals surface area (Å²) in [4.78, 5) is 11.8. The summed E-state index contributed by atoms with van der Waals surface area (Å²) in [5.41, 5.74) is 0.731. The molecule has 1 amide bonds. The van der Waals surface area contributed by atoms with Crippen molar-refractivity contribution in [3.8, 4) is 0 Å². The molecule has 2 N–H and O–H groups in total. The molecule has 3 nitrogen and oxygen atoms in total. The Balaban J connectivity index is 1.84. The van der Waals surface area contributed by atoms with Gasteiger partial charge in [-0.1, -0.05) is 36.6 Å². The molecule has 0 radical (unpaired) electrons. The first-order chi connectivity index (χ1) is 8.66. The minimum absolute atomic E-state index is 0.0635. The predicted molar refractivity (Wildman–Crippen MR) is 71.4 cm³/mol. The van der Waals surface area contributed by atoms with Gasteiger partial charge in [-0.3, -0.25) is 4.79 Å². The van der Waals surface area contributed by atoms with Gasteiger partial charge in [0.2, 0.25) is 5.91 Å². The lowest BCUT2D eigenvalue weighted by molar-refractivity contribution is -0.125. The number of amides is 1. The van der Waals surface area contributed by atoms with E-state index in [2.05, 4.69) is 5.32 Å². The summed E-state index contributed by atoms with van der Waals surface area (Å²) in [6, 6.07) is 7.07. The van der Waals surface area contributed by atoms with Gasteiger partial charge >= 0.3 is 0 Å². The molecule has 1 aliphatic rings. The van der Waals surface area contributed by atoms with Crippen molar-refractivity contribution in [2.45, 2.75) is 31.8 Å². The average molecular weight is 268 g/mol. The van der Waals surface area contributed by atoms with Gasteiger partial charge in [0.1, 0.15) is 0 Å². The fourth-order valence-electron chi connectivity index (χ4n) is 2.36. The minimum Gasteiger partial charge on any atom is -0.387 e. The number of aliphatic hydroxyl groups is 1. The minimum atomic E-state index is -0.700. The predicted octanol–water partition coefficient (Wildman–Crippen LogP) is 2.68. The Morgan fingerprint density at radius 2 is 2.17 bits per heavy atom. The standard InChI is InChI=1S/C14H18ClNO2/c15-12-7-3-6-11(8-12)13(17)9-16-14(18)10-4-1-2-5-10/h3,6-8,10,13,17H,1-2,4-5,9H2,(H,16,18). The second kappa shape index (κ2) is 6.21. The Morgan fingerprint density at radius 3 is 2.83 bits per heavy atom. The Labute approximate surface area is 112 Å². The molecule has 4 heteroatoms. The van der Waals surface area contributed by atoms with Crippen LogP contribution in [0.1, 0.15) is 37.4 Å². The molecule has 1 aromatic carbocycles. The van der Waals surface area contributed by atoms with Crippen LogP contribution in [0.25, 0.3) is 0 Å². The molecule has 0 saturated heterocycles. The van der Waals surface area contributed by atoms with Crippen LogP contribution in [0.5, 0.6) is 0 Å². The lowest BCUT2D eigenvalue weighted by Crippen LogP contribution is -2.32. The summed E-state index contributed by atoms with van der Waals surface area (Å²) in [5.74, 6) is 0.199. The van der Waals surface area contributed by atoms with E-state index in [1.807, 2.05) is 0 Å². The fraction of sp³-hybridized carbons (Fsp3) is 0.500. The van der Waals surface area contributed by atoms with Crippen molar-refractivity contribution in [1.82, 2.24) is 5.32 Å². The molecule has 2 rings (SSSR count). The molecule has 1 saturated carbocycles. The van der Waals surface area contributed by atoms with Crippen LogP contribution in [0.15, 0.2) is 24.3 Å². The molecule has 1 fully saturated rings. The number of halogens is 1. The van der Waals surface area contributed by atoms with Gasteiger partial charge in [-0.15, -0.1) is 0 Å². The van der Waals surface area contributed by atoms with Crippen LogP contribution < -0.4 is 5.32 Å². The molecular formula is C14H18ClNO2. The van der Waals surface area contributed by atoms with Crippen LogP contribution in [0.3, 0.4) is 0 Å². The van der Waals surface area contributed by atoms with Crippen molar-refractivity contribution >= 4 is 17.5 Å². The highest BCUT2D eigenvalue weighted by molar-refractivity contribution is 6.30. The molecule has 0 heterocycles. The second-order valence-corrected chi connectivity index (χ2v) is 5.23. The van der Waals surface area contributed by atoms with Crippen LogP contribution in [0, 0.1) is 5.92 Å². The zero-order valence-electron chi connectivity index (χ0n) is 10.2. The maximum atomic E-state index is 11.8. The lowest BCUT2D eigenvalue weighted by Gasteiger charge is -2.15. The maximum absolute atomic E-state index is 11.8. The number of carbonyl (C=O) groups excluding carboxylic acids is 1. The van der Waals surface area contributed by atoms with Crippen molar-refractivity contribution in [2.24, 2.45) is 5.92 Å². The first-order valence-corrected chi connectivity index (χ1v) is 6.76. The fourth-order valence-corrected chi connectivity index (χ4v) is 2.56. The van der Waals surface area contributed by atoms with Crippen LogP contribution in [-0.4, -0.2) is 17.6 Å².